The summed E-state index contributed by atoms with van der Waals surface area (Å²) in [5.74, 6) is -0.241. The number of thiazole rings is 1. The Morgan fingerprint density at radius 1 is 1.13 bits per heavy atom. The van der Waals surface area contributed by atoms with Crippen LogP contribution in [0.1, 0.15) is 85.0 Å². The van der Waals surface area contributed by atoms with Crippen LogP contribution in [0.4, 0.5) is 9.93 Å². The van der Waals surface area contributed by atoms with Crippen LogP contribution in [0.5, 0.6) is 0 Å². The zero-order valence-electron chi connectivity index (χ0n) is 18.4. The predicted octanol–water partition coefficient (Wildman–Crippen LogP) is 6.08. The molecule has 2 amide bonds. The van der Waals surface area contributed by atoms with Crippen LogP contribution < -0.4 is 5.32 Å². The summed E-state index contributed by atoms with van der Waals surface area (Å²) in [5, 5.41) is 3.66. The summed E-state index contributed by atoms with van der Waals surface area (Å²) < 4.78 is 5.36. The molecule has 0 radical (unpaired) electrons. The Morgan fingerprint density at radius 2 is 1.70 bits per heavy atom. The molecule has 2 saturated carbocycles. The third-order valence-electron chi connectivity index (χ3n) is 5.99. The smallest absolute Gasteiger partial charge is 0.324 e. The number of nitrogens with one attached hydrogen (secondary N) is 1. The molecule has 30 heavy (non-hydrogen) atoms. The molecule has 0 aliphatic heterocycles. The van der Waals surface area contributed by atoms with Crippen LogP contribution in [0, 0.1) is 0 Å². The van der Waals surface area contributed by atoms with Crippen molar-refractivity contribution in [1.29, 1.82) is 0 Å². The van der Waals surface area contributed by atoms with Gasteiger partial charge in [0.2, 0.25) is 0 Å². The Bertz CT molecular complexity index is 692. The molecular formula is C22H35N3O3S2. The summed E-state index contributed by atoms with van der Waals surface area (Å²) in [6.07, 6.45) is 13.6. The standard InChI is InChI=1S/C22H35N3O3S2/c1-4-28-19(26)22(2,3)30-18-15-23-20(29-18)24-21(27)25(16-11-7-5-8-12-16)17-13-9-6-10-14-17/h15-17H,4-14H2,1-3H3,(H,23,24,27). The summed E-state index contributed by atoms with van der Waals surface area (Å²) in [6, 6.07) is 0.682. The highest BCUT2D eigenvalue weighted by Gasteiger charge is 2.34. The van der Waals surface area contributed by atoms with Crippen molar-refractivity contribution in [2.45, 2.75) is 106 Å². The van der Waals surface area contributed by atoms with Gasteiger partial charge in [0.15, 0.2) is 5.13 Å². The Labute approximate surface area is 188 Å². The average molecular weight is 454 g/mol. The zero-order valence-corrected chi connectivity index (χ0v) is 20.1. The van der Waals surface area contributed by atoms with Crippen LogP contribution in [0.3, 0.4) is 0 Å². The van der Waals surface area contributed by atoms with Gasteiger partial charge in [-0.25, -0.2) is 9.78 Å². The minimum Gasteiger partial charge on any atom is -0.465 e. The van der Waals surface area contributed by atoms with Crippen molar-refractivity contribution < 1.29 is 14.3 Å². The number of carbonyl (C=O) groups is 2. The first-order chi connectivity index (χ1) is 14.4. The summed E-state index contributed by atoms with van der Waals surface area (Å²) in [5.41, 5.74) is 0. The maximum absolute atomic E-state index is 13.3. The SMILES string of the molecule is CCOC(=O)C(C)(C)Sc1cnc(NC(=O)N(C2CCCCC2)C2CCCCC2)s1. The molecule has 0 atom stereocenters. The van der Waals surface area contributed by atoms with E-state index in [1.165, 1.54) is 61.6 Å². The van der Waals surface area contributed by atoms with Gasteiger partial charge >= 0.3 is 12.0 Å². The van der Waals surface area contributed by atoms with Gasteiger partial charge in [0, 0.05) is 12.1 Å². The summed E-state index contributed by atoms with van der Waals surface area (Å²) >= 11 is 2.84. The number of anilines is 1. The maximum atomic E-state index is 13.3. The van der Waals surface area contributed by atoms with Crippen molar-refractivity contribution in [2.75, 3.05) is 11.9 Å². The summed E-state index contributed by atoms with van der Waals surface area (Å²) in [6.45, 7) is 5.87. The number of amides is 2. The van der Waals surface area contributed by atoms with Gasteiger partial charge in [-0.3, -0.25) is 10.1 Å². The fourth-order valence-electron chi connectivity index (χ4n) is 4.47. The number of nitrogens with zero attached hydrogens (tertiary/aromatic N) is 2. The highest BCUT2D eigenvalue weighted by molar-refractivity contribution is 8.03. The van der Waals surface area contributed by atoms with Crippen LogP contribution in [0.2, 0.25) is 0 Å². The van der Waals surface area contributed by atoms with E-state index in [9.17, 15) is 9.59 Å². The molecule has 6 nitrogen and oxygen atoms in total. The van der Waals surface area contributed by atoms with Crippen LogP contribution >= 0.6 is 23.1 Å². The van der Waals surface area contributed by atoms with Gasteiger partial charge in [0.1, 0.15) is 4.75 Å². The van der Waals surface area contributed by atoms with Gasteiger partial charge in [-0.1, -0.05) is 61.6 Å². The average Bonchev–Trinajstić information content (AvgIpc) is 3.16. The van der Waals surface area contributed by atoms with E-state index in [4.69, 9.17) is 4.74 Å². The summed E-state index contributed by atoms with van der Waals surface area (Å²) in [7, 11) is 0. The van der Waals surface area contributed by atoms with E-state index in [2.05, 4.69) is 15.2 Å². The number of hydrogen-bond donors (Lipinski definition) is 1. The Hall–Kier alpha value is -1.28. The molecule has 168 valence electrons. The van der Waals surface area contributed by atoms with Gasteiger partial charge in [-0.15, -0.1) is 0 Å². The van der Waals surface area contributed by atoms with Gasteiger partial charge in [-0.05, 0) is 46.5 Å². The van der Waals surface area contributed by atoms with E-state index in [-0.39, 0.29) is 12.0 Å². The van der Waals surface area contributed by atoms with Crippen molar-refractivity contribution in [1.82, 2.24) is 9.88 Å². The molecule has 1 aromatic rings. The van der Waals surface area contributed by atoms with Crippen LogP contribution in [0.15, 0.2) is 10.4 Å². The van der Waals surface area contributed by atoms with E-state index in [1.807, 2.05) is 20.8 Å². The van der Waals surface area contributed by atoms with Gasteiger partial charge in [-0.2, -0.15) is 0 Å². The molecule has 2 aliphatic carbocycles. The van der Waals surface area contributed by atoms with Crippen molar-refractivity contribution in [3.05, 3.63) is 6.20 Å². The molecule has 0 saturated heterocycles. The first kappa shape index (κ1) is 23.4. The number of thioether (sulfide) groups is 1. The molecule has 0 aromatic carbocycles. The van der Waals surface area contributed by atoms with Gasteiger partial charge in [0.25, 0.3) is 0 Å². The lowest BCUT2D eigenvalue weighted by molar-refractivity contribution is -0.145. The molecule has 8 heteroatoms. The molecule has 0 bridgehead atoms. The fourth-order valence-corrected chi connectivity index (χ4v) is 6.79. The highest BCUT2D eigenvalue weighted by atomic mass is 32.2. The van der Waals surface area contributed by atoms with Crippen molar-refractivity contribution in [2.24, 2.45) is 0 Å². The molecule has 0 spiro atoms. The van der Waals surface area contributed by atoms with Gasteiger partial charge < -0.3 is 9.64 Å². The minimum absolute atomic E-state index is 0.00986. The highest BCUT2D eigenvalue weighted by Crippen LogP contribution is 2.38. The molecule has 1 N–H and O–H groups in total. The fraction of sp³-hybridized carbons (Fsp3) is 0.773. The lowest BCUT2D eigenvalue weighted by Crippen LogP contribution is -2.50. The number of rotatable bonds is 7. The lowest BCUT2D eigenvalue weighted by Gasteiger charge is -2.41. The third-order valence-corrected chi connectivity index (χ3v) is 8.18. The third kappa shape index (κ3) is 6.13. The molecular weight excluding hydrogens is 418 g/mol. The topological polar surface area (TPSA) is 71.5 Å². The molecule has 1 aromatic heterocycles. The van der Waals surface area contributed by atoms with Crippen LogP contribution in [0.25, 0.3) is 0 Å². The second-order valence-corrected chi connectivity index (χ2v) is 11.7. The van der Waals surface area contributed by atoms with E-state index < -0.39 is 4.75 Å². The quantitative estimate of drug-likeness (QED) is 0.400. The Morgan fingerprint density at radius 3 is 2.23 bits per heavy atom. The normalized spacial score (nSPS) is 18.8. The van der Waals surface area contributed by atoms with E-state index in [0.29, 0.717) is 23.8 Å². The first-order valence-electron chi connectivity index (χ1n) is 11.3. The molecule has 0 unspecified atom stereocenters. The van der Waals surface area contributed by atoms with Crippen LogP contribution in [-0.4, -0.2) is 45.3 Å². The van der Waals surface area contributed by atoms with Crippen molar-refractivity contribution in [3.8, 4) is 0 Å². The molecule has 1 heterocycles. The maximum Gasteiger partial charge on any atom is 0.324 e. The zero-order chi connectivity index (χ0) is 21.6. The molecule has 3 rings (SSSR count). The molecule has 2 fully saturated rings. The van der Waals surface area contributed by atoms with Gasteiger partial charge in [0.05, 0.1) is 17.0 Å². The largest absolute Gasteiger partial charge is 0.465 e. The Balaban J connectivity index is 1.66. The lowest BCUT2D eigenvalue weighted by atomic mass is 9.89. The minimum atomic E-state index is -0.694. The van der Waals surface area contributed by atoms with E-state index in [0.717, 1.165) is 29.9 Å². The van der Waals surface area contributed by atoms with Crippen molar-refractivity contribution >= 4 is 40.2 Å². The molecule has 2 aliphatic rings. The number of urea groups is 1. The number of aromatic nitrogens is 1. The number of carbonyl (C=O) groups excluding carboxylic acids is 2. The predicted molar refractivity (Wildman–Crippen MR) is 123 cm³/mol. The first-order valence-corrected chi connectivity index (χ1v) is 13.0. The van der Waals surface area contributed by atoms with Crippen LogP contribution in [-0.2, 0) is 9.53 Å². The monoisotopic (exact) mass is 453 g/mol. The number of esters is 1. The number of ether oxygens (including phenoxy) is 1. The number of hydrogen-bond acceptors (Lipinski definition) is 6. The second kappa shape index (κ2) is 10.8. The van der Waals surface area contributed by atoms with Crippen molar-refractivity contribution in [3.63, 3.8) is 0 Å². The second-order valence-electron chi connectivity index (χ2n) is 8.74. The Kier molecular flexibility index (Phi) is 8.45. The summed E-state index contributed by atoms with van der Waals surface area (Å²) in [4.78, 5) is 32.0. The van der Waals surface area contributed by atoms with E-state index in [1.54, 1.807) is 6.20 Å². The van der Waals surface area contributed by atoms with E-state index >= 15 is 0 Å².